The lowest BCUT2D eigenvalue weighted by Crippen LogP contribution is -2.21. The van der Waals surface area contributed by atoms with Gasteiger partial charge in [0.1, 0.15) is 5.82 Å². The predicted octanol–water partition coefficient (Wildman–Crippen LogP) is 2.64. The van der Waals surface area contributed by atoms with Gasteiger partial charge in [0.2, 0.25) is 0 Å². The maximum Gasteiger partial charge on any atom is 0.310 e. The summed E-state index contributed by atoms with van der Waals surface area (Å²) in [5.74, 6) is 0.172. The number of ether oxygens (including phenoxy) is 1. The zero-order valence-electron chi connectivity index (χ0n) is 14.1. The smallest absolute Gasteiger partial charge is 0.310 e. The highest BCUT2D eigenvalue weighted by molar-refractivity contribution is 5.91. The monoisotopic (exact) mass is 332 g/mol. The number of carbonyl (C=O) groups is 1. The molecule has 1 aromatic carbocycles. The number of amides is 1. The van der Waals surface area contributed by atoms with Crippen LogP contribution in [0.4, 0.5) is 11.5 Å². The van der Waals surface area contributed by atoms with Gasteiger partial charge in [-0.2, -0.15) is 5.10 Å². The highest BCUT2D eigenvalue weighted by Gasteiger charge is 2.20. The van der Waals surface area contributed by atoms with Crippen LogP contribution in [0.2, 0.25) is 0 Å². The van der Waals surface area contributed by atoms with Crippen LogP contribution in [0.3, 0.4) is 0 Å². The van der Waals surface area contributed by atoms with Gasteiger partial charge in [-0.15, -0.1) is 0 Å². The van der Waals surface area contributed by atoms with Crippen molar-refractivity contribution in [2.75, 3.05) is 11.9 Å². The molecule has 0 fully saturated rings. The normalized spacial score (nSPS) is 11.2. The van der Waals surface area contributed by atoms with Crippen molar-refractivity contribution in [3.63, 3.8) is 0 Å². The van der Waals surface area contributed by atoms with Crippen LogP contribution in [0, 0.1) is 10.1 Å². The van der Waals surface area contributed by atoms with Gasteiger partial charge < -0.3 is 10.1 Å². The molecule has 8 heteroatoms. The number of benzene rings is 1. The Bertz CT molecular complexity index is 762. The molecule has 1 amide bonds. The van der Waals surface area contributed by atoms with E-state index in [4.69, 9.17) is 4.74 Å². The van der Waals surface area contributed by atoms with Crippen LogP contribution in [0.5, 0.6) is 5.75 Å². The Kier molecular flexibility index (Phi) is 4.87. The number of carbonyl (C=O) groups excluding carboxylic acids is 1. The zero-order valence-corrected chi connectivity index (χ0v) is 14.1. The number of nitro benzene ring substituents is 1. The van der Waals surface area contributed by atoms with Gasteiger partial charge >= 0.3 is 5.69 Å². The maximum atomic E-state index is 12.0. The van der Waals surface area contributed by atoms with Crippen LogP contribution in [0.25, 0.3) is 0 Å². The second kappa shape index (κ2) is 6.69. The standard InChI is InChI=1S/C16H20N4O4/c1-16(2,3)13-9-14(19(4)18-13)17-15(21)10-24-12-8-6-5-7-11(12)20(22)23/h5-9H,10H2,1-4H3,(H,17,21). The van der Waals surface area contributed by atoms with Crippen LogP contribution < -0.4 is 10.1 Å². The van der Waals surface area contributed by atoms with Crippen molar-refractivity contribution in [1.82, 2.24) is 9.78 Å². The SMILES string of the molecule is Cn1nc(C(C)(C)C)cc1NC(=O)COc1ccccc1[N+](=O)[O-]. The van der Waals surface area contributed by atoms with Crippen molar-refractivity contribution in [3.8, 4) is 5.75 Å². The van der Waals surface area contributed by atoms with Crippen molar-refractivity contribution in [1.29, 1.82) is 0 Å². The largest absolute Gasteiger partial charge is 0.477 e. The maximum absolute atomic E-state index is 12.0. The van der Waals surface area contributed by atoms with Crippen molar-refractivity contribution in [2.24, 2.45) is 7.05 Å². The van der Waals surface area contributed by atoms with E-state index in [-0.39, 0.29) is 23.5 Å². The summed E-state index contributed by atoms with van der Waals surface area (Å²) < 4.78 is 6.84. The summed E-state index contributed by atoms with van der Waals surface area (Å²) in [5.41, 5.74) is 0.530. The average molecular weight is 332 g/mol. The van der Waals surface area contributed by atoms with E-state index in [0.717, 1.165) is 5.69 Å². The molecular formula is C16H20N4O4. The third-order valence-corrected chi connectivity index (χ3v) is 3.34. The quantitative estimate of drug-likeness (QED) is 0.670. The first-order valence-electron chi connectivity index (χ1n) is 7.39. The van der Waals surface area contributed by atoms with E-state index in [1.54, 1.807) is 23.9 Å². The van der Waals surface area contributed by atoms with E-state index < -0.39 is 10.8 Å². The number of nitro groups is 1. The molecule has 2 rings (SSSR count). The minimum absolute atomic E-state index is 0.0537. The molecule has 0 saturated heterocycles. The molecule has 0 radical (unpaired) electrons. The lowest BCUT2D eigenvalue weighted by Gasteiger charge is -2.13. The first kappa shape index (κ1) is 17.5. The van der Waals surface area contributed by atoms with Crippen LogP contribution in [-0.2, 0) is 17.3 Å². The summed E-state index contributed by atoms with van der Waals surface area (Å²) >= 11 is 0. The van der Waals surface area contributed by atoms with Gasteiger partial charge in [-0.1, -0.05) is 32.9 Å². The Labute approximate surface area is 139 Å². The number of rotatable bonds is 5. The minimum Gasteiger partial charge on any atom is -0.477 e. The molecular weight excluding hydrogens is 312 g/mol. The lowest BCUT2D eigenvalue weighted by atomic mass is 9.92. The van der Waals surface area contributed by atoms with Gasteiger partial charge in [0.15, 0.2) is 12.4 Å². The highest BCUT2D eigenvalue weighted by atomic mass is 16.6. The second-order valence-electron chi connectivity index (χ2n) is 6.35. The fourth-order valence-corrected chi connectivity index (χ4v) is 2.00. The summed E-state index contributed by atoms with van der Waals surface area (Å²) in [6.45, 7) is 5.75. The van der Waals surface area contributed by atoms with Crippen molar-refractivity contribution >= 4 is 17.4 Å². The molecule has 1 heterocycles. The molecule has 0 aliphatic heterocycles. The van der Waals surface area contributed by atoms with E-state index in [2.05, 4.69) is 10.4 Å². The third-order valence-electron chi connectivity index (χ3n) is 3.34. The molecule has 0 spiro atoms. The molecule has 8 nitrogen and oxygen atoms in total. The summed E-state index contributed by atoms with van der Waals surface area (Å²) in [6.07, 6.45) is 0. The summed E-state index contributed by atoms with van der Waals surface area (Å²) in [6, 6.07) is 7.71. The van der Waals surface area contributed by atoms with Crippen molar-refractivity contribution in [3.05, 3.63) is 46.1 Å². The number of anilines is 1. The van der Waals surface area contributed by atoms with E-state index in [1.165, 1.54) is 18.2 Å². The van der Waals surface area contributed by atoms with Gasteiger partial charge in [0, 0.05) is 24.6 Å². The van der Waals surface area contributed by atoms with Gasteiger partial charge in [-0.3, -0.25) is 19.6 Å². The van der Waals surface area contributed by atoms with Crippen LogP contribution in [0.1, 0.15) is 26.5 Å². The fraction of sp³-hybridized carbons (Fsp3) is 0.375. The number of hydrogen-bond acceptors (Lipinski definition) is 5. The first-order valence-corrected chi connectivity index (χ1v) is 7.39. The Morgan fingerprint density at radius 3 is 2.62 bits per heavy atom. The number of hydrogen-bond donors (Lipinski definition) is 1. The topological polar surface area (TPSA) is 99.3 Å². The molecule has 0 saturated carbocycles. The summed E-state index contributed by atoms with van der Waals surface area (Å²) in [4.78, 5) is 22.4. The molecule has 0 unspecified atom stereocenters. The number of nitrogens with zero attached hydrogens (tertiary/aromatic N) is 3. The zero-order chi connectivity index (χ0) is 17.9. The number of para-hydroxylation sites is 2. The number of aromatic nitrogens is 2. The van der Waals surface area contributed by atoms with E-state index in [0.29, 0.717) is 5.82 Å². The first-order chi connectivity index (χ1) is 11.2. The Balaban J connectivity index is 2.02. The van der Waals surface area contributed by atoms with Gasteiger partial charge in [-0.25, -0.2) is 0 Å². The molecule has 2 aromatic rings. The van der Waals surface area contributed by atoms with Gasteiger partial charge in [0.05, 0.1) is 10.6 Å². The van der Waals surface area contributed by atoms with Crippen LogP contribution in [-0.4, -0.2) is 27.2 Å². The van der Waals surface area contributed by atoms with E-state index in [9.17, 15) is 14.9 Å². The summed E-state index contributed by atoms with van der Waals surface area (Å²) in [5, 5.41) is 18.0. The lowest BCUT2D eigenvalue weighted by molar-refractivity contribution is -0.385. The molecule has 0 bridgehead atoms. The molecule has 1 N–H and O–H groups in total. The van der Waals surface area contributed by atoms with E-state index in [1.807, 2.05) is 20.8 Å². The molecule has 0 atom stereocenters. The molecule has 128 valence electrons. The summed E-state index contributed by atoms with van der Waals surface area (Å²) in [7, 11) is 1.73. The Morgan fingerprint density at radius 2 is 2.04 bits per heavy atom. The predicted molar refractivity (Wildman–Crippen MR) is 89.1 cm³/mol. The van der Waals surface area contributed by atoms with Crippen molar-refractivity contribution in [2.45, 2.75) is 26.2 Å². The second-order valence-corrected chi connectivity index (χ2v) is 6.35. The van der Waals surface area contributed by atoms with Crippen LogP contribution >= 0.6 is 0 Å². The number of nitrogens with one attached hydrogen (secondary N) is 1. The van der Waals surface area contributed by atoms with Crippen LogP contribution in [0.15, 0.2) is 30.3 Å². The molecule has 0 aliphatic rings. The molecule has 1 aromatic heterocycles. The number of aryl methyl sites for hydroxylation is 1. The Hall–Kier alpha value is -2.90. The fourth-order valence-electron chi connectivity index (χ4n) is 2.00. The highest BCUT2D eigenvalue weighted by Crippen LogP contribution is 2.26. The van der Waals surface area contributed by atoms with E-state index >= 15 is 0 Å². The Morgan fingerprint density at radius 1 is 1.38 bits per heavy atom. The molecule has 24 heavy (non-hydrogen) atoms. The van der Waals surface area contributed by atoms with Gasteiger partial charge in [-0.05, 0) is 6.07 Å². The van der Waals surface area contributed by atoms with Gasteiger partial charge in [0.25, 0.3) is 5.91 Å². The molecule has 0 aliphatic carbocycles. The average Bonchev–Trinajstić information content (AvgIpc) is 2.86. The third kappa shape index (κ3) is 4.09. The van der Waals surface area contributed by atoms with Crippen molar-refractivity contribution < 1.29 is 14.5 Å². The minimum atomic E-state index is -0.552.